The maximum Gasteiger partial charge on any atom is 0.255 e. The van der Waals surface area contributed by atoms with E-state index in [2.05, 4.69) is 5.32 Å². The van der Waals surface area contributed by atoms with Gasteiger partial charge in [-0.15, -0.1) is 0 Å². The molecule has 0 aliphatic rings. The zero-order valence-electron chi connectivity index (χ0n) is 12.3. The zero-order valence-corrected chi connectivity index (χ0v) is 12.3. The molecule has 1 N–H and O–H groups in total. The van der Waals surface area contributed by atoms with Crippen molar-refractivity contribution in [3.05, 3.63) is 59.9 Å². The summed E-state index contributed by atoms with van der Waals surface area (Å²) in [4.78, 5) is 12.0. The van der Waals surface area contributed by atoms with Gasteiger partial charge in [-0.3, -0.25) is 4.79 Å². The molecule has 0 atom stereocenters. The van der Waals surface area contributed by atoms with Crippen LogP contribution in [0.4, 0.5) is 4.39 Å². The molecule has 22 heavy (non-hydrogen) atoms. The molecule has 0 unspecified atom stereocenters. The van der Waals surface area contributed by atoms with Crippen LogP contribution in [-0.2, 0) is 0 Å². The number of ether oxygens (including phenoxy) is 2. The molecule has 0 aliphatic heterocycles. The molecular formula is C17H18FNO3. The summed E-state index contributed by atoms with van der Waals surface area (Å²) < 4.78 is 23.8. The normalized spacial score (nSPS) is 10.1. The standard InChI is InChI=1S/C17H18FNO3/c1-21-16-9-8-13(18)12-15(16)17(20)19-10-5-11-22-14-6-3-2-4-7-14/h2-4,6-9,12H,5,10-11H2,1H3,(H,19,20). The van der Waals surface area contributed by atoms with E-state index >= 15 is 0 Å². The molecule has 0 aliphatic carbocycles. The number of carbonyl (C=O) groups is 1. The summed E-state index contributed by atoms with van der Waals surface area (Å²) in [6.45, 7) is 0.927. The molecule has 0 aromatic heterocycles. The third-order valence-electron chi connectivity index (χ3n) is 3.02. The van der Waals surface area contributed by atoms with Crippen molar-refractivity contribution in [2.24, 2.45) is 0 Å². The van der Waals surface area contributed by atoms with Crippen LogP contribution in [0.1, 0.15) is 16.8 Å². The molecule has 0 fully saturated rings. The number of nitrogens with one attached hydrogen (secondary N) is 1. The van der Waals surface area contributed by atoms with E-state index in [9.17, 15) is 9.18 Å². The lowest BCUT2D eigenvalue weighted by Crippen LogP contribution is -2.26. The van der Waals surface area contributed by atoms with E-state index in [1.165, 1.54) is 19.2 Å². The van der Waals surface area contributed by atoms with Crippen LogP contribution < -0.4 is 14.8 Å². The van der Waals surface area contributed by atoms with E-state index < -0.39 is 5.82 Å². The summed E-state index contributed by atoms with van der Waals surface area (Å²) >= 11 is 0. The minimum atomic E-state index is -0.474. The highest BCUT2D eigenvalue weighted by Crippen LogP contribution is 2.19. The van der Waals surface area contributed by atoms with Crippen molar-refractivity contribution in [2.75, 3.05) is 20.3 Å². The Kier molecular flexibility index (Phi) is 5.77. The Morgan fingerprint density at radius 3 is 2.68 bits per heavy atom. The Balaban J connectivity index is 1.77. The molecule has 0 bridgehead atoms. The Labute approximate surface area is 128 Å². The van der Waals surface area contributed by atoms with Crippen LogP contribution in [0.25, 0.3) is 0 Å². The zero-order chi connectivity index (χ0) is 15.8. The van der Waals surface area contributed by atoms with Crippen LogP contribution in [0, 0.1) is 5.82 Å². The molecule has 0 saturated heterocycles. The lowest BCUT2D eigenvalue weighted by molar-refractivity contribution is 0.0948. The Morgan fingerprint density at radius 2 is 1.95 bits per heavy atom. The van der Waals surface area contributed by atoms with Crippen molar-refractivity contribution >= 4 is 5.91 Å². The van der Waals surface area contributed by atoms with E-state index in [-0.39, 0.29) is 11.5 Å². The number of carbonyl (C=O) groups excluding carboxylic acids is 1. The minimum Gasteiger partial charge on any atom is -0.496 e. The van der Waals surface area contributed by atoms with E-state index in [1.807, 2.05) is 30.3 Å². The van der Waals surface area contributed by atoms with Crippen LogP contribution in [0.2, 0.25) is 0 Å². The first-order valence-electron chi connectivity index (χ1n) is 7.00. The molecule has 2 aromatic rings. The Hall–Kier alpha value is -2.56. The van der Waals surface area contributed by atoms with Gasteiger partial charge in [-0.2, -0.15) is 0 Å². The lowest BCUT2D eigenvalue weighted by atomic mass is 10.2. The van der Waals surface area contributed by atoms with E-state index in [4.69, 9.17) is 9.47 Å². The topological polar surface area (TPSA) is 47.6 Å². The average Bonchev–Trinajstić information content (AvgIpc) is 2.55. The first-order valence-corrected chi connectivity index (χ1v) is 7.00. The first kappa shape index (κ1) is 15.8. The highest BCUT2D eigenvalue weighted by Gasteiger charge is 2.12. The van der Waals surface area contributed by atoms with Gasteiger partial charge in [0.1, 0.15) is 17.3 Å². The number of halogens is 1. The monoisotopic (exact) mass is 303 g/mol. The van der Waals surface area contributed by atoms with Crippen molar-refractivity contribution in [1.29, 1.82) is 0 Å². The molecule has 0 heterocycles. The minimum absolute atomic E-state index is 0.187. The highest BCUT2D eigenvalue weighted by atomic mass is 19.1. The summed E-state index contributed by atoms with van der Waals surface area (Å²) in [5.74, 6) is 0.300. The van der Waals surface area contributed by atoms with Crippen molar-refractivity contribution < 1.29 is 18.7 Å². The SMILES string of the molecule is COc1ccc(F)cc1C(=O)NCCCOc1ccccc1. The fraction of sp³-hybridized carbons (Fsp3) is 0.235. The second kappa shape index (κ2) is 8.02. The maximum absolute atomic E-state index is 13.2. The van der Waals surface area contributed by atoms with E-state index in [0.29, 0.717) is 25.3 Å². The van der Waals surface area contributed by atoms with Gasteiger partial charge in [-0.05, 0) is 36.8 Å². The number of para-hydroxylation sites is 1. The summed E-state index contributed by atoms with van der Waals surface area (Å²) in [5.41, 5.74) is 0.187. The summed E-state index contributed by atoms with van der Waals surface area (Å²) in [6.07, 6.45) is 0.651. The number of amides is 1. The van der Waals surface area contributed by atoms with Crippen molar-refractivity contribution in [3.8, 4) is 11.5 Å². The van der Waals surface area contributed by atoms with Crippen LogP contribution in [0.5, 0.6) is 11.5 Å². The molecule has 5 heteroatoms. The molecule has 0 saturated carbocycles. The third-order valence-corrected chi connectivity index (χ3v) is 3.02. The van der Waals surface area contributed by atoms with Gasteiger partial charge in [0.25, 0.3) is 5.91 Å². The first-order chi connectivity index (χ1) is 10.7. The van der Waals surface area contributed by atoms with Crippen molar-refractivity contribution in [1.82, 2.24) is 5.32 Å². The quantitative estimate of drug-likeness (QED) is 0.800. The number of methoxy groups -OCH3 is 1. The van der Waals surface area contributed by atoms with Gasteiger partial charge >= 0.3 is 0 Å². The highest BCUT2D eigenvalue weighted by molar-refractivity contribution is 5.96. The van der Waals surface area contributed by atoms with Gasteiger partial charge in [-0.25, -0.2) is 4.39 Å². The Morgan fingerprint density at radius 1 is 1.18 bits per heavy atom. The second-order valence-corrected chi connectivity index (χ2v) is 4.62. The van der Waals surface area contributed by atoms with Gasteiger partial charge in [0.05, 0.1) is 19.3 Å². The molecule has 2 aromatic carbocycles. The molecule has 2 rings (SSSR count). The lowest BCUT2D eigenvalue weighted by Gasteiger charge is -2.10. The average molecular weight is 303 g/mol. The maximum atomic E-state index is 13.2. The van der Waals surface area contributed by atoms with Gasteiger partial charge in [0, 0.05) is 6.54 Å². The van der Waals surface area contributed by atoms with Crippen LogP contribution >= 0.6 is 0 Å². The number of hydrogen-bond donors (Lipinski definition) is 1. The number of hydrogen-bond acceptors (Lipinski definition) is 3. The third kappa shape index (κ3) is 4.48. The fourth-order valence-corrected chi connectivity index (χ4v) is 1.93. The van der Waals surface area contributed by atoms with Gasteiger partial charge < -0.3 is 14.8 Å². The van der Waals surface area contributed by atoms with Gasteiger partial charge in [0.2, 0.25) is 0 Å². The molecule has 0 spiro atoms. The summed E-state index contributed by atoms with van der Waals surface area (Å²) in [7, 11) is 1.44. The number of rotatable bonds is 7. The van der Waals surface area contributed by atoms with Crippen LogP contribution in [-0.4, -0.2) is 26.2 Å². The predicted molar refractivity (Wildman–Crippen MR) is 81.8 cm³/mol. The second-order valence-electron chi connectivity index (χ2n) is 4.62. The summed E-state index contributed by atoms with van der Waals surface area (Å²) in [5, 5.41) is 2.72. The fourth-order valence-electron chi connectivity index (χ4n) is 1.93. The van der Waals surface area contributed by atoms with Crippen LogP contribution in [0.3, 0.4) is 0 Å². The largest absolute Gasteiger partial charge is 0.496 e. The predicted octanol–water partition coefficient (Wildman–Crippen LogP) is 3.03. The molecule has 4 nitrogen and oxygen atoms in total. The molecule has 1 amide bonds. The molecular weight excluding hydrogens is 285 g/mol. The molecule has 0 radical (unpaired) electrons. The Bertz CT molecular complexity index is 617. The smallest absolute Gasteiger partial charge is 0.255 e. The van der Waals surface area contributed by atoms with E-state index in [1.54, 1.807) is 0 Å². The van der Waals surface area contributed by atoms with Crippen LogP contribution in [0.15, 0.2) is 48.5 Å². The van der Waals surface area contributed by atoms with Gasteiger partial charge in [-0.1, -0.05) is 18.2 Å². The van der Waals surface area contributed by atoms with E-state index in [0.717, 1.165) is 11.8 Å². The number of benzene rings is 2. The molecule has 116 valence electrons. The van der Waals surface area contributed by atoms with Crippen molar-refractivity contribution in [2.45, 2.75) is 6.42 Å². The summed E-state index contributed by atoms with van der Waals surface area (Å²) in [6, 6.07) is 13.3. The van der Waals surface area contributed by atoms with Gasteiger partial charge in [0.15, 0.2) is 0 Å². The van der Waals surface area contributed by atoms with Crippen molar-refractivity contribution in [3.63, 3.8) is 0 Å².